The van der Waals surface area contributed by atoms with E-state index in [1.54, 1.807) is 6.07 Å². The molecule has 0 saturated carbocycles. The highest BCUT2D eigenvalue weighted by molar-refractivity contribution is 6.30. The number of rotatable bonds is 3. The standard InChI is InChI=1S/C16H17ClFN3/c17-15-2-1-13(11-16(15)18)20-12-5-9-21(10-6-12)14-3-7-19-8-4-14/h1-4,7-8,11-12,20H,5-6,9-10H2. The third-order valence-corrected chi connectivity index (χ3v) is 4.12. The largest absolute Gasteiger partial charge is 0.382 e. The van der Waals surface area contributed by atoms with Crippen molar-refractivity contribution in [1.29, 1.82) is 0 Å². The predicted molar refractivity (Wildman–Crippen MR) is 84.5 cm³/mol. The second-order valence-corrected chi connectivity index (χ2v) is 5.65. The molecule has 3 nitrogen and oxygen atoms in total. The molecule has 1 fully saturated rings. The Balaban J connectivity index is 1.57. The molecule has 5 heteroatoms. The molecule has 2 heterocycles. The van der Waals surface area contributed by atoms with Crippen molar-refractivity contribution < 1.29 is 4.39 Å². The van der Waals surface area contributed by atoms with Gasteiger partial charge in [-0.25, -0.2) is 4.39 Å². The third kappa shape index (κ3) is 3.45. The van der Waals surface area contributed by atoms with Crippen LogP contribution in [0, 0.1) is 5.82 Å². The maximum Gasteiger partial charge on any atom is 0.143 e. The van der Waals surface area contributed by atoms with Crippen LogP contribution in [-0.2, 0) is 0 Å². The van der Waals surface area contributed by atoms with Gasteiger partial charge in [0.15, 0.2) is 0 Å². The fourth-order valence-corrected chi connectivity index (χ4v) is 2.78. The highest BCUT2D eigenvalue weighted by Gasteiger charge is 2.19. The first-order valence-electron chi connectivity index (χ1n) is 7.09. The van der Waals surface area contributed by atoms with Gasteiger partial charge in [0.05, 0.1) is 5.02 Å². The second kappa shape index (κ2) is 6.31. The summed E-state index contributed by atoms with van der Waals surface area (Å²) in [7, 11) is 0. The van der Waals surface area contributed by atoms with Gasteiger partial charge in [0, 0.05) is 42.9 Å². The van der Waals surface area contributed by atoms with Crippen molar-refractivity contribution >= 4 is 23.0 Å². The van der Waals surface area contributed by atoms with Gasteiger partial charge in [-0.05, 0) is 43.2 Å². The van der Waals surface area contributed by atoms with Crippen LogP contribution in [0.1, 0.15) is 12.8 Å². The molecule has 1 aromatic heterocycles. The Morgan fingerprint density at radius 3 is 2.52 bits per heavy atom. The maximum atomic E-state index is 13.4. The fourth-order valence-electron chi connectivity index (χ4n) is 2.66. The summed E-state index contributed by atoms with van der Waals surface area (Å²) in [6.45, 7) is 1.97. The van der Waals surface area contributed by atoms with E-state index in [0.29, 0.717) is 6.04 Å². The van der Waals surface area contributed by atoms with Crippen LogP contribution in [0.4, 0.5) is 15.8 Å². The molecule has 0 atom stereocenters. The van der Waals surface area contributed by atoms with Crippen LogP contribution < -0.4 is 10.2 Å². The Labute approximate surface area is 128 Å². The summed E-state index contributed by atoms with van der Waals surface area (Å²) < 4.78 is 13.4. The van der Waals surface area contributed by atoms with Gasteiger partial charge in [0.2, 0.25) is 0 Å². The van der Waals surface area contributed by atoms with Gasteiger partial charge in [-0.2, -0.15) is 0 Å². The smallest absolute Gasteiger partial charge is 0.143 e. The van der Waals surface area contributed by atoms with Crippen LogP contribution in [0.2, 0.25) is 5.02 Å². The quantitative estimate of drug-likeness (QED) is 0.930. The van der Waals surface area contributed by atoms with Gasteiger partial charge in [-0.3, -0.25) is 4.98 Å². The number of hydrogen-bond donors (Lipinski definition) is 1. The van der Waals surface area contributed by atoms with Crippen LogP contribution in [-0.4, -0.2) is 24.1 Å². The zero-order valence-electron chi connectivity index (χ0n) is 11.6. The molecular weight excluding hydrogens is 289 g/mol. The molecule has 0 spiro atoms. The van der Waals surface area contributed by atoms with E-state index in [1.165, 1.54) is 11.8 Å². The molecule has 1 aromatic carbocycles. The summed E-state index contributed by atoms with van der Waals surface area (Å²) in [6, 6.07) is 9.29. The van der Waals surface area contributed by atoms with Crippen molar-refractivity contribution in [1.82, 2.24) is 4.98 Å². The Morgan fingerprint density at radius 1 is 1.14 bits per heavy atom. The van der Waals surface area contributed by atoms with E-state index in [2.05, 4.69) is 15.2 Å². The molecule has 3 rings (SSSR count). The molecule has 1 saturated heterocycles. The molecule has 0 unspecified atom stereocenters. The lowest BCUT2D eigenvalue weighted by molar-refractivity contribution is 0.526. The van der Waals surface area contributed by atoms with E-state index >= 15 is 0 Å². The Bertz CT molecular complexity index is 598. The summed E-state index contributed by atoms with van der Waals surface area (Å²) in [4.78, 5) is 6.39. The molecule has 21 heavy (non-hydrogen) atoms. The molecular formula is C16H17ClFN3. The Hall–Kier alpha value is -1.81. The molecule has 1 N–H and O–H groups in total. The molecule has 0 bridgehead atoms. The fraction of sp³-hybridized carbons (Fsp3) is 0.312. The van der Waals surface area contributed by atoms with Gasteiger partial charge in [-0.1, -0.05) is 11.6 Å². The van der Waals surface area contributed by atoms with E-state index in [4.69, 9.17) is 11.6 Å². The van der Waals surface area contributed by atoms with Gasteiger partial charge < -0.3 is 10.2 Å². The number of benzene rings is 1. The first-order chi connectivity index (χ1) is 10.2. The van der Waals surface area contributed by atoms with E-state index in [0.717, 1.165) is 31.6 Å². The summed E-state index contributed by atoms with van der Waals surface area (Å²) >= 11 is 5.70. The summed E-state index contributed by atoms with van der Waals surface area (Å²) in [5, 5.41) is 3.54. The number of halogens is 2. The maximum absolute atomic E-state index is 13.4. The van der Waals surface area contributed by atoms with Crippen molar-refractivity contribution in [3.8, 4) is 0 Å². The summed E-state index contributed by atoms with van der Waals surface area (Å²) in [5.41, 5.74) is 2.00. The van der Waals surface area contributed by atoms with E-state index in [9.17, 15) is 4.39 Å². The van der Waals surface area contributed by atoms with Crippen molar-refractivity contribution in [2.75, 3.05) is 23.3 Å². The lowest BCUT2D eigenvalue weighted by Crippen LogP contribution is -2.39. The number of aromatic nitrogens is 1. The molecule has 1 aliphatic rings. The first-order valence-corrected chi connectivity index (χ1v) is 7.47. The number of piperidine rings is 1. The highest BCUT2D eigenvalue weighted by atomic mass is 35.5. The first kappa shape index (κ1) is 14.1. The molecule has 0 radical (unpaired) electrons. The van der Waals surface area contributed by atoms with Crippen LogP contribution in [0.5, 0.6) is 0 Å². The second-order valence-electron chi connectivity index (χ2n) is 5.24. The molecule has 0 amide bonds. The molecule has 110 valence electrons. The zero-order chi connectivity index (χ0) is 14.7. The van der Waals surface area contributed by atoms with Crippen LogP contribution >= 0.6 is 11.6 Å². The van der Waals surface area contributed by atoms with E-state index < -0.39 is 0 Å². The van der Waals surface area contributed by atoms with Gasteiger partial charge in [0.1, 0.15) is 5.82 Å². The minimum atomic E-state index is -0.379. The zero-order valence-corrected chi connectivity index (χ0v) is 12.4. The molecule has 0 aliphatic carbocycles. The predicted octanol–water partition coefficient (Wildman–Crippen LogP) is 3.96. The van der Waals surface area contributed by atoms with Crippen molar-refractivity contribution in [2.24, 2.45) is 0 Å². The number of nitrogens with zero attached hydrogens (tertiary/aromatic N) is 2. The number of hydrogen-bond acceptors (Lipinski definition) is 3. The van der Waals surface area contributed by atoms with Crippen molar-refractivity contribution in [2.45, 2.75) is 18.9 Å². The molecule has 2 aromatic rings. The lowest BCUT2D eigenvalue weighted by Gasteiger charge is -2.34. The van der Waals surface area contributed by atoms with Crippen LogP contribution in [0.15, 0.2) is 42.7 Å². The summed E-state index contributed by atoms with van der Waals surface area (Å²) in [5.74, 6) is -0.379. The number of pyridine rings is 1. The van der Waals surface area contributed by atoms with Gasteiger partial charge in [-0.15, -0.1) is 0 Å². The van der Waals surface area contributed by atoms with Crippen LogP contribution in [0.3, 0.4) is 0 Å². The van der Waals surface area contributed by atoms with Crippen LogP contribution in [0.25, 0.3) is 0 Å². The minimum absolute atomic E-state index is 0.160. The third-order valence-electron chi connectivity index (χ3n) is 3.81. The molecule has 1 aliphatic heterocycles. The topological polar surface area (TPSA) is 28.2 Å². The van der Waals surface area contributed by atoms with E-state index in [-0.39, 0.29) is 10.8 Å². The van der Waals surface area contributed by atoms with Gasteiger partial charge >= 0.3 is 0 Å². The SMILES string of the molecule is Fc1cc(NC2CCN(c3ccncc3)CC2)ccc1Cl. The number of nitrogens with one attached hydrogen (secondary N) is 1. The average molecular weight is 306 g/mol. The monoisotopic (exact) mass is 305 g/mol. The number of anilines is 2. The average Bonchev–Trinajstić information content (AvgIpc) is 2.53. The van der Waals surface area contributed by atoms with Gasteiger partial charge in [0.25, 0.3) is 0 Å². The summed E-state index contributed by atoms with van der Waals surface area (Å²) in [6.07, 6.45) is 5.67. The normalized spacial score (nSPS) is 16.0. The Morgan fingerprint density at radius 2 is 1.86 bits per heavy atom. The Kier molecular flexibility index (Phi) is 4.25. The van der Waals surface area contributed by atoms with E-state index in [1.807, 2.05) is 30.6 Å². The highest BCUT2D eigenvalue weighted by Crippen LogP contribution is 2.23. The van der Waals surface area contributed by atoms with Crippen molar-refractivity contribution in [3.05, 3.63) is 53.6 Å². The lowest BCUT2D eigenvalue weighted by atomic mass is 10.0. The minimum Gasteiger partial charge on any atom is -0.382 e. The van der Waals surface area contributed by atoms with Crippen molar-refractivity contribution in [3.63, 3.8) is 0 Å².